The molecule has 0 bridgehead atoms. The molecule has 0 radical (unpaired) electrons. The third kappa shape index (κ3) is 4.36. The molecule has 4 rings (SSSR count). The Kier molecular flexibility index (Phi) is 5.71. The van der Waals surface area contributed by atoms with Crippen LogP contribution in [0.3, 0.4) is 0 Å². The average Bonchev–Trinajstić information content (AvgIpc) is 3.20. The van der Waals surface area contributed by atoms with Gasteiger partial charge in [-0.2, -0.15) is 0 Å². The van der Waals surface area contributed by atoms with E-state index in [1.807, 2.05) is 17.4 Å². The zero-order chi connectivity index (χ0) is 17.8. The largest absolute Gasteiger partial charge is 0.352 e. The Morgan fingerprint density at radius 3 is 2.69 bits per heavy atom. The molecule has 4 heteroatoms. The molecule has 1 aliphatic carbocycles. The molecule has 3 nitrogen and oxygen atoms in total. The molecular weight excluding hydrogens is 340 g/mol. The van der Waals surface area contributed by atoms with Gasteiger partial charge in [0, 0.05) is 23.5 Å². The standard InChI is InChI=1S/C22H28N2OS/c25-22(20-8-7-18-4-1-2-5-19(18)14-20)23-15-17-9-11-24(12-10-17)16-21-6-3-13-26-21/h3,6-8,13-14,17H,1-2,4-5,9-12,15-16H2,(H,23,25). The predicted molar refractivity (Wildman–Crippen MR) is 108 cm³/mol. The summed E-state index contributed by atoms with van der Waals surface area (Å²) in [6.07, 6.45) is 7.18. The third-order valence-corrected chi connectivity index (χ3v) is 6.69. The molecule has 1 aromatic heterocycles. The van der Waals surface area contributed by atoms with Crippen molar-refractivity contribution in [2.75, 3.05) is 19.6 Å². The van der Waals surface area contributed by atoms with E-state index < -0.39 is 0 Å². The van der Waals surface area contributed by atoms with Crippen LogP contribution in [0.15, 0.2) is 35.7 Å². The van der Waals surface area contributed by atoms with Crippen LogP contribution >= 0.6 is 11.3 Å². The van der Waals surface area contributed by atoms with Gasteiger partial charge in [-0.3, -0.25) is 9.69 Å². The number of benzene rings is 1. The van der Waals surface area contributed by atoms with Crippen molar-refractivity contribution < 1.29 is 4.79 Å². The van der Waals surface area contributed by atoms with Crippen LogP contribution in [0, 0.1) is 5.92 Å². The van der Waals surface area contributed by atoms with Crippen LogP contribution in [0.4, 0.5) is 0 Å². The number of hydrogen-bond donors (Lipinski definition) is 1. The summed E-state index contributed by atoms with van der Waals surface area (Å²) in [5.74, 6) is 0.704. The van der Waals surface area contributed by atoms with Crippen molar-refractivity contribution in [2.45, 2.75) is 45.1 Å². The summed E-state index contributed by atoms with van der Waals surface area (Å²) < 4.78 is 0. The number of carbonyl (C=O) groups is 1. The topological polar surface area (TPSA) is 32.3 Å². The number of nitrogens with one attached hydrogen (secondary N) is 1. The third-order valence-electron chi connectivity index (χ3n) is 5.83. The maximum Gasteiger partial charge on any atom is 0.251 e. The summed E-state index contributed by atoms with van der Waals surface area (Å²) in [4.78, 5) is 16.5. The Balaban J connectivity index is 1.24. The fraction of sp³-hybridized carbons (Fsp3) is 0.500. The highest BCUT2D eigenvalue weighted by atomic mass is 32.1. The number of rotatable bonds is 5. The molecule has 0 atom stereocenters. The molecule has 2 heterocycles. The van der Waals surface area contributed by atoms with Gasteiger partial charge in [-0.05, 0) is 92.2 Å². The van der Waals surface area contributed by atoms with Crippen LogP contribution in [0.5, 0.6) is 0 Å². The van der Waals surface area contributed by atoms with Crippen LogP contribution in [-0.4, -0.2) is 30.4 Å². The van der Waals surface area contributed by atoms with E-state index in [0.717, 1.165) is 38.2 Å². The molecule has 1 fully saturated rings. The lowest BCUT2D eigenvalue weighted by molar-refractivity contribution is 0.0935. The molecule has 0 spiro atoms. The smallest absolute Gasteiger partial charge is 0.251 e. The van der Waals surface area contributed by atoms with Crippen molar-refractivity contribution in [3.8, 4) is 0 Å². The first kappa shape index (κ1) is 17.7. The zero-order valence-corrected chi connectivity index (χ0v) is 16.2. The minimum absolute atomic E-state index is 0.0967. The van der Waals surface area contributed by atoms with Gasteiger partial charge < -0.3 is 5.32 Å². The number of piperidine rings is 1. The monoisotopic (exact) mass is 368 g/mol. The van der Waals surface area contributed by atoms with Crippen molar-refractivity contribution in [2.24, 2.45) is 5.92 Å². The number of amides is 1. The van der Waals surface area contributed by atoms with E-state index in [9.17, 15) is 4.79 Å². The highest BCUT2D eigenvalue weighted by Crippen LogP contribution is 2.23. The van der Waals surface area contributed by atoms with E-state index in [1.54, 1.807) is 0 Å². The van der Waals surface area contributed by atoms with E-state index in [-0.39, 0.29) is 5.91 Å². The minimum Gasteiger partial charge on any atom is -0.352 e. The minimum atomic E-state index is 0.0967. The molecule has 1 aliphatic heterocycles. The summed E-state index contributed by atoms with van der Waals surface area (Å²) in [5, 5.41) is 5.33. The van der Waals surface area contributed by atoms with Crippen molar-refractivity contribution in [1.82, 2.24) is 10.2 Å². The summed E-state index contributed by atoms with van der Waals surface area (Å²) in [6, 6.07) is 10.6. The number of nitrogens with zero attached hydrogens (tertiary/aromatic N) is 1. The predicted octanol–water partition coefficient (Wildman–Crippen LogP) is 4.27. The number of hydrogen-bond acceptors (Lipinski definition) is 3. The Morgan fingerprint density at radius 1 is 1.12 bits per heavy atom. The van der Waals surface area contributed by atoms with Gasteiger partial charge >= 0.3 is 0 Å². The van der Waals surface area contributed by atoms with Gasteiger partial charge in [-0.15, -0.1) is 11.3 Å². The van der Waals surface area contributed by atoms with Crippen LogP contribution in [-0.2, 0) is 19.4 Å². The van der Waals surface area contributed by atoms with Gasteiger partial charge in [0.15, 0.2) is 0 Å². The first-order valence-corrected chi connectivity index (χ1v) is 10.8. The quantitative estimate of drug-likeness (QED) is 0.855. The van der Waals surface area contributed by atoms with E-state index >= 15 is 0 Å². The van der Waals surface area contributed by atoms with Crippen molar-refractivity contribution in [1.29, 1.82) is 0 Å². The van der Waals surface area contributed by atoms with E-state index in [2.05, 4.69) is 39.9 Å². The molecule has 2 aliphatic rings. The van der Waals surface area contributed by atoms with Crippen molar-refractivity contribution in [3.05, 3.63) is 57.3 Å². The Morgan fingerprint density at radius 2 is 1.92 bits per heavy atom. The molecule has 0 saturated carbocycles. The van der Waals surface area contributed by atoms with E-state index in [4.69, 9.17) is 0 Å². The van der Waals surface area contributed by atoms with Crippen molar-refractivity contribution >= 4 is 17.2 Å². The molecule has 1 N–H and O–H groups in total. The lowest BCUT2D eigenvalue weighted by atomic mass is 9.90. The Labute approximate surface area is 160 Å². The molecule has 1 saturated heterocycles. The SMILES string of the molecule is O=C(NCC1CCN(Cc2cccs2)CC1)c1ccc2c(c1)CCCC2. The molecule has 1 amide bonds. The van der Waals surface area contributed by atoms with Crippen LogP contribution in [0.25, 0.3) is 0 Å². The number of aryl methyl sites for hydroxylation is 2. The first-order valence-electron chi connectivity index (χ1n) is 9.92. The lowest BCUT2D eigenvalue weighted by Gasteiger charge is -2.31. The Hall–Kier alpha value is -1.65. The maximum atomic E-state index is 12.5. The zero-order valence-electron chi connectivity index (χ0n) is 15.4. The normalized spacial score (nSPS) is 18.5. The second-order valence-corrected chi connectivity index (χ2v) is 8.73. The van der Waals surface area contributed by atoms with Gasteiger partial charge in [0.25, 0.3) is 5.91 Å². The number of thiophene rings is 1. The Bertz CT molecular complexity index is 733. The summed E-state index contributed by atoms with van der Waals surface area (Å²) in [6.45, 7) is 4.16. The van der Waals surface area contributed by atoms with E-state index in [1.165, 1.54) is 48.1 Å². The molecular formula is C22H28N2OS. The average molecular weight is 369 g/mol. The molecule has 138 valence electrons. The second kappa shape index (κ2) is 8.36. The van der Waals surface area contributed by atoms with Gasteiger partial charge in [0.05, 0.1) is 0 Å². The summed E-state index contributed by atoms with van der Waals surface area (Å²) in [5.41, 5.74) is 3.65. The molecule has 2 aromatic rings. The van der Waals surface area contributed by atoms with Crippen LogP contribution in [0.2, 0.25) is 0 Å². The van der Waals surface area contributed by atoms with Crippen LogP contribution in [0.1, 0.15) is 52.0 Å². The molecule has 26 heavy (non-hydrogen) atoms. The number of likely N-dealkylation sites (tertiary alicyclic amines) is 1. The molecule has 1 aromatic carbocycles. The maximum absolute atomic E-state index is 12.5. The lowest BCUT2D eigenvalue weighted by Crippen LogP contribution is -2.38. The van der Waals surface area contributed by atoms with Gasteiger partial charge in [0.2, 0.25) is 0 Å². The fourth-order valence-corrected chi connectivity index (χ4v) is 4.93. The fourth-order valence-electron chi connectivity index (χ4n) is 4.19. The van der Waals surface area contributed by atoms with E-state index in [0.29, 0.717) is 5.92 Å². The second-order valence-electron chi connectivity index (χ2n) is 7.70. The first-order chi connectivity index (χ1) is 12.8. The highest BCUT2D eigenvalue weighted by Gasteiger charge is 2.20. The van der Waals surface area contributed by atoms with Crippen LogP contribution < -0.4 is 5.32 Å². The highest BCUT2D eigenvalue weighted by molar-refractivity contribution is 7.09. The summed E-state index contributed by atoms with van der Waals surface area (Å²) in [7, 11) is 0. The van der Waals surface area contributed by atoms with Gasteiger partial charge in [0.1, 0.15) is 0 Å². The summed E-state index contributed by atoms with van der Waals surface area (Å²) >= 11 is 1.84. The van der Waals surface area contributed by atoms with Gasteiger partial charge in [-0.1, -0.05) is 12.1 Å². The number of carbonyl (C=O) groups excluding carboxylic acids is 1. The molecule has 0 unspecified atom stereocenters. The van der Waals surface area contributed by atoms with Crippen molar-refractivity contribution in [3.63, 3.8) is 0 Å². The van der Waals surface area contributed by atoms with Gasteiger partial charge in [-0.25, -0.2) is 0 Å². The number of fused-ring (bicyclic) bond motifs is 1.